The van der Waals surface area contributed by atoms with Gasteiger partial charge in [-0.05, 0) is 0 Å². The molecule has 0 amide bonds. The van der Waals surface area contributed by atoms with Crippen LogP contribution in [0.1, 0.15) is 0 Å². The fourth-order valence-corrected chi connectivity index (χ4v) is 0. The normalized spacial score (nSPS) is 5.50. The van der Waals surface area contributed by atoms with E-state index in [0.29, 0.717) is 0 Å². The number of rotatable bonds is 1. The molecule has 6 heteroatoms. The van der Waals surface area contributed by atoms with Crippen LogP contribution in [0.4, 0.5) is 0 Å². The Bertz CT molecular complexity index is 44.1. The van der Waals surface area contributed by atoms with E-state index in [0.717, 1.165) is 0 Å². The van der Waals surface area contributed by atoms with Gasteiger partial charge in [-0.25, -0.2) is 4.94 Å². The van der Waals surface area contributed by atoms with Crippen molar-refractivity contribution in [2.45, 2.75) is 0 Å². The van der Waals surface area contributed by atoms with Gasteiger partial charge in [0.25, 0.3) is 0 Å². The average molecular weight is 118 g/mol. The van der Waals surface area contributed by atoms with Gasteiger partial charge in [0.05, 0.1) is 0 Å². The van der Waals surface area contributed by atoms with Crippen LogP contribution >= 0.6 is 0 Å². The van der Waals surface area contributed by atoms with Gasteiger partial charge < -0.3 is 0 Å². The first kappa shape index (κ1) is 9.93. The molecule has 2 N–H and O–H groups in total. The Morgan fingerprint density at radius 2 is 2.00 bits per heavy atom. The van der Waals surface area contributed by atoms with Crippen molar-refractivity contribution in [2.75, 3.05) is 0 Å². The van der Waals surface area contributed by atoms with Gasteiger partial charge in [-0.1, -0.05) is 0 Å². The summed E-state index contributed by atoms with van der Waals surface area (Å²) < 4.78 is 0. The molecule has 0 heterocycles. The maximum atomic E-state index is 8.83. The first-order chi connectivity index (χ1) is 2.27. The zero-order chi connectivity index (χ0) is 4.28. The van der Waals surface area contributed by atoms with E-state index >= 15 is 0 Å². The third-order valence-corrected chi connectivity index (χ3v) is 0.0861. The van der Waals surface area contributed by atoms with Gasteiger partial charge in [0.2, 0.25) is 0 Å². The van der Waals surface area contributed by atoms with Crippen LogP contribution in [0.25, 0.3) is 0 Å². The topological polar surface area (TPSA) is 78.4 Å². The van der Waals surface area contributed by atoms with Crippen LogP contribution < -0.4 is 5.90 Å². The van der Waals surface area contributed by atoms with Gasteiger partial charge >= 0.3 is 56.5 Å². The fourth-order valence-electron chi connectivity index (χ4n) is 0. The molecule has 0 aromatic heterocycles. The Hall–Kier alpha value is 0.796. The summed E-state index contributed by atoms with van der Waals surface area (Å²) in [7, 11) is 0. The third kappa shape index (κ3) is 8.84. The molecule has 32 valence electrons. The Balaban J connectivity index is 0. The molecule has 0 aliphatic heterocycles. The molecule has 0 rings (SSSR count). The van der Waals surface area contributed by atoms with Crippen LogP contribution in [0.15, 0.2) is 0 Å². The van der Waals surface area contributed by atoms with Crippen molar-refractivity contribution >= 4 is 51.4 Å². The molecule has 0 atom stereocenters. The van der Waals surface area contributed by atoms with E-state index in [4.69, 9.17) is 10.1 Å². The van der Waals surface area contributed by atoms with Crippen LogP contribution in [0.2, 0.25) is 0 Å². The van der Waals surface area contributed by atoms with Crippen molar-refractivity contribution in [3.63, 3.8) is 0 Å². The molecule has 5 nitrogen and oxygen atoms in total. The summed E-state index contributed by atoms with van der Waals surface area (Å²) >= 11 is 0. The molecule has 6 heavy (non-hydrogen) atoms. The fraction of sp³-hybridized carbons (Fsp3) is 0. The molecular weight excluding hydrogens is 115 g/mol. The van der Waals surface area contributed by atoms with E-state index < -0.39 is 5.09 Å². The molecule has 0 spiro atoms. The molecule has 0 radical (unpaired) electrons. The second-order valence-corrected chi connectivity index (χ2v) is 0.329. The Kier molecular flexibility index (Phi) is 9.59. The second-order valence-electron chi connectivity index (χ2n) is 0.329. The minimum absolute atomic E-state index is 0. The van der Waals surface area contributed by atoms with Crippen molar-refractivity contribution in [3.05, 3.63) is 10.1 Å². The Labute approximate surface area is 76.3 Å². The third-order valence-electron chi connectivity index (χ3n) is 0.0861. The molecule has 0 saturated heterocycles. The van der Waals surface area contributed by atoms with Crippen molar-refractivity contribution in [2.24, 2.45) is 5.90 Å². The van der Waals surface area contributed by atoms with E-state index in [1.165, 1.54) is 0 Å². The summed E-state index contributed by atoms with van der Waals surface area (Å²) in [4.78, 5) is 11.8. The van der Waals surface area contributed by atoms with Crippen LogP contribution in [-0.4, -0.2) is 56.5 Å². The summed E-state index contributed by atoms with van der Waals surface area (Å²) in [5.74, 6) is 3.97. The van der Waals surface area contributed by atoms with Crippen LogP contribution in [-0.2, 0) is 4.94 Å². The molecule has 0 aliphatic carbocycles. The SMILES string of the molecule is NO[N+](=O)[O-].[KH]. The summed E-state index contributed by atoms with van der Waals surface area (Å²) in [5.41, 5.74) is 0. The molecule has 0 aromatic rings. The van der Waals surface area contributed by atoms with E-state index in [9.17, 15) is 0 Å². The van der Waals surface area contributed by atoms with Gasteiger partial charge in [-0.2, -0.15) is 5.90 Å². The minimum atomic E-state index is -1.10. The summed E-state index contributed by atoms with van der Waals surface area (Å²) in [6.45, 7) is 0. The average Bonchev–Trinajstić information content (AvgIpc) is 1.38. The summed E-state index contributed by atoms with van der Waals surface area (Å²) in [6, 6.07) is 0. The first-order valence-corrected chi connectivity index (χ1v) is 0.783. The predicted molar refractivity (Wildman–Crippen MR) is 19.4 cm³/mol. The zero-order valence-electron chi connectivity index (χ0n) is 2.25. The van der Waals surface area contributed by atoms with Crippen molar-refractivity contribution in [1.29, 1.82) is 0 Å². The quantitative estimate of drug-likeness (QED) is 0.256. The summed E-state index contributed by atoms with van der Waals surface area (Å²) in [5, 5.41) is 7.73. The van der Waals surface area contributed by atoms with E-state index in [1.54, 1.807) is 0 Å². The zero-order valence-corrected chi connectivity index (χ0v) is 2.25. The Morgan fingerprint density at radius 1 is 1.83 bits per heavy atom. The van der Waals surface area contributed by atoms with Crippen LogP contribution in [0.3, 0.4) is 0 Å². The number of nitrogens with two attached hydrogens (primary N) is 1. The number of hydrogen-bond acceptors (Lipinski definition) is 4. The monoisotopic (exact) mass is 118 g/mol. The van der Waals surface area contributed by atoms with Gasteiger partial charge in [0.15, 0.2) is 0 Å². The number of hydrogen-bond donors (Lipinski definition) is 1. The van der Waals surface area contributed by atoms with Gasteiger partial charge in [0, 0.05) is 0 Å². The number of nitrogens with zero attached hydrogens (tertiary/aromatic N) is 1. The molecule has 0 unspecified atom stereocenters. The standard InChI is InChI=1S/K.H2N2O3.H/c;1-5-2(3)4;/h;1H2;. The van der Waals surface area contributed by atoms with E-state index in [-0.39, 0.29) is 51.4 Å². The van der Waals surface area contributed by atoms with Crippen LogP contribution in [0.5, 0.6) is 0 Å². The first-order valence-electron chi connectivity index (χ1n) is 0.783. The van der Waals surface area contributed by atoms with Crippen molar-refractivity contribution in [3.8, 4) is 0 Å². The molecule has 0 aliphatic rings. The van der Waals surface area contributed by atoms with Gasteiger partial charge in [0.1, 0.15) is 0 Å². The molecule has 0 saturated carbocycles. The molecule has 0 aromatic carbocycles. The Morgan fingerprint density at radius 3 is 2.00 bits per heavy atom. The summed E-state index contributed by atoms with van der Waals surface area (Å²) in [6.07, 6.45) is 0. The van der Waals surface area contributed by atoms with Crippen molar-refractivity contribution in [1.82, 2.24) is 0 Å². The molecular formula is H3KN2O3. The second kappa shape index (κ2) is 5.80. The maximum absolute atomic E-state index is 8.83. The van der Waals surface area contributed by atoms with Gasteiger partial charge in [-0.3, -0.25) is 0 Å². The molecule has 0 bridgehead atoms. The van der Waals surface area contributed by atoms with Crippen molar-refractivity contribution < 1.29 is 10.0 Å². The predicted octanol–water partition coefficient (Wildman–Crippen LogP) is -1.58. The van der Waals surface area contributed by atoms with E-state index in [2.05, 4.69) is 10.8 Å². The van der Waals surface area contributed by atoms with Gasteiger partial charge in [-0.15, -0.1) is 10.1 Å². The van der Waals surface area contributed by atoms with E-state index in [1.807, 2.05) is 0 Å². The molecule has 0 fully saturated rings. The van der Waals surface area contributed by atoms with Crippen LogP contribution in [0, 0.1) is 10.1 Å².